The van der Waals surface area contributed by atoms with Gasteiger partial charge in [-0.25, -0.2) is 0 Å². The van der Waals surface area contributed by atoms with Gasteiger partial charge in [0.25, 0.3) is 0 Å². The van der Waals surface area contributed by atoms with Crippen molar-refractivity contribution >= 4 is 24.1 Å². The van der Waals surface area contributed by atoms with E-state index in [2.05, 4.69) is 66.5 Å². The van der Waals surface area contributed by atoms with Gasteiger partial charge in [-0.1, -0.05) is 0 Å². The topological polar surface area (TPSA) is 0 Å². The summed E-state index contributed by atoms with van der Waals surface area (Å²) in [7, 11) is 0. The Morgan fingerprint density at radius 2 is 1.53 bits per heavy atom. The van der Waals surface area contributed by atoms with E-state index in [0.717, 1.165) is 0 Å². The average Bonchev–Trinajstić information content (AvgIpc) is 2.40. The van der Waals surface area contributed by atoms with Crippen LogP contribution >= 0.6 is 0 Å². The second kappa shape index (κ2) is 4.44. The standard InChI is InChI=1S/C16H13Se/c1-12-14-9-5-6-10-16(14)17-11-15(12)13-7-3-2-4-8-13/h2-11H,1H3/q+1. The summed E-state index contributed by atoms with van der Waals surface area (Å²) >= 11 is 0.460. The number of fused-ring (bicyclic) bond motifs is 1. The van der Waals surface area contributed by atoms with Gasteiger partial charge in [0.15, 0.2) is 0 Å². The van der Waals surface area contributed by atoms with Gasteiger partial charge in [0.2, 0.25) is 0 Å². The molecule has 1 heterocycles. The summed E-state index contributed by atoms with van der Waals surface area (Å²) in [6.07, 6.45) is 0. The first-order chi connectivity index (χ1) is 8.36. The first-order valence-corrected chi connectivity index (χ1v) is 7.56. The molecule has 1 heteroatoms. The molecule has 1 aromatic heterocycles. The predicted molar refractivity (Wildman–Crippen MR) is 75.5 cm³/mol. The van der Waals surface area contributed by atoms with Gasteiger partial charge in [0, 0.05) is 0 Å². The van der Waals surface area contributed by atoms with Crippen LogP contribution in [0.4, 0.5) is 0 Å². The molecule has 82 valence electrons. The van der Waals surface area contributed by atoms with Crippen LogP contribution in [0.15, 0.2) is 59.5 Å². The van der Waals surface area contributed by atoms with E-state index in [1.807, 2.05) is 0 Å². The molecule has 0 unspecified atom stereocenters. The summed E-state index contributed by atoms with van der Waals surface area (Å²) in [5.41, 5.74) is 4.14. The molecule has 0 fully saturated rings. The Balaban J connectivity index is 2.29. The molecule has 0 radical (unpaired) electrons. The van der Waals surface area contributed by atoms with Gasteiger partial charge in [-0.15, -0.1) is 0 Å². The molecule has 0 nitrogen and oxygen atoms in total. The van der Waals surface area contributed by atoms with Crippen molar-refractivity contribution in [1.29, 1.82) is 0 Å². The SMILES string of the molecule is Cc1c(-c2ccccc2)c[se+]c2ccccc12. The number of hydrogen-bond donors (Lipinski definition) is 0. The molecule has 0 aliphatic carbocycles. The fraction of sp³-hybridized carbons (Fsp3) is 0.0625. The minimum atomic E-state index is 0.460. The van der Waals surface area contributed by atoms with Crippen LogP contribution in [0.2, 0.25) is 0 Å². The fourth-order valence-corrected chi connectivity index (χ4v) is 4.37. The van der Waals surface area contributed by atoms with Crippen LogP contribution in [0.5, 0.6) is 0 Å². The molecule has 0 saturated carbocycles. The van der Waals surface area contributed by atoms with Crippen molar-refractivity contribution in [3.05, 3.63) is 65.1 Å². The van der Waals surface area contributed by atoms with E-state index in [1.165, 1.54) is 26.3 Å². The third-order valence-corrected chi connectivity index (χ3v) is 5.11. The number of benzene rings is 2. The van der Waals surface area contributed by atoms with Gasteiger partial charge in [-0.3, -0.25) is 0 Å². The quantitative estimate of drug-likeness (QED) is 0.589. The Labute approximate surface area is 107 Å². The molecule has 2 aromatic carbocycles. The minimum absolute atomic E-state index is 0.460. The normalized spacial score (nSPS) is 10.6. The summed E-state index contributed by atoms with van der Waals surface area (Å²) in [5, 5.41) is 1.42. The second-order valence-corrected chi connectivity index (χ2v) is 6.05. The predicted octanol–water partition coefficient (Wildman–Crippen LogP) is 4.15. The summed E-state index contributed by atoms with van der Waals surface area (Å²) in [4.78, 5) is 2.40. The third kappa shape index (κ3) is 1.93. The van der Waals surface area contributed by atoms with E-state index in [4.69, 9.17) is 0 Å². The van der Waals surface area contributed by atoms with Crippen molar-refractivity contribution in [2.45, 2.75) is 6.92 Å². The molecule has 0 saturated heterocycles. The van der Waals surface area contributed by atoms with E-state index in [-0.39, 0.29) is 0 Å². The summed E-state index contributed by atoms with van der Waals surface area (Å²) in [5.74, 6) is 0. The van der Waals surface area contributed by atoms with Crippen LogP contribution in [-0.2, 0) is 0 Å². The number of aryl methyl sites for hydroxylation is 1. The van der Waals surface area contributed by atoms with Gasteiger partial charge < -0.3 is 0 Å². The number of hydrogen-bond acceptors (Lipinski definition) is 0. The molecule has 0 spiro atoms. The maximum atomic E-state index is 2.40. The zero-order valence-corrected chi connectivity index (χ0v) is 11.4. The molecule has 17 heavy (non-hydrogen) atoms. The molecule has 0 aliphatic rings. The van der Waals surface area contributed by atoms with Crippen LogP contribution in [-0.4, -0.2) is 14.5 Å². The Bertz CT molecular complexity index is 657. The van der Waals surface area contributed by atoms with Gasteiger partial charge in [0.05, 0.1) is 0 Å². The molecule has 0 atom stereocenters. The Morgan fingerprint density at radius 3 is 2.35 bits per heavy atom. The van der Waals surface area contributed by atoms with Crippen LogP contribution in [0, 0.1) is 6.92 Å². The molecular weight excluding hydrogens is 271 g/mol. The van der Waals surface area contributed by atoms with E-state index in [1.54, 1.807) is 0 Å². The number of rotatable bonds is 1. The summed E-state index contributed by atoms with van der Waals surface area (Å²) < 4.78 is 1.50. The van der Waals surface area contributed by atoms with E-state index >= 15 is 0 Å². The molecule has 0 N–H and O–H groups in total. The molecular formula is C16H13Se+. The molecule has 3 rings (SSSR count). The summed E-state index contributed by atoms with van der Waals surface area (Å²) in [6.45, 7) is 2.23. The van der Waals surface area contributed by atoms with Crippen LogP contribution < -0.4 is 0 Å². The maximum absolute atomic E-state index is 2.40. The van der Waals surface area contributed by atoms with Crippen molar-refractivity contribution < 1.29 is 0 Å². The zero-order chi connectivity index (χ0) is 11.7. The van der Waals surface area contributed by atoms with Gasteiger partial charge in [0.1, 0.15) is 0 Å². The second-order valence-electron chi connectivity index (χ2n) is 4.14. The van der Waals surface area contributed by atoms with Crippen molar-refractivity contribution in [3.63, 3.8) is 0 Å². The van der Waals surface area contributed by atoms with Gasteiger partial charge >= 0.3 is 107 Å². The molecule has 0 bridgehead atoms. The Hall–Kier alpha value is -1.43. The average molecular weight is 284 g/mol. The Morgan fingerprint density at radius 1 is 0.824 bits per heavy atom. The van der Waals surface area contributed by atoms with Crippen molar-refractivity contribution in [3.8, 4) is 11.1 Å². The van der Waals surface area contributed by atoms with Crippen molar-refractivity contribution in [1.82, 2.24) is 0 Å². The van der Waals surface area contributed by atoms with Crippen LogP contribution in [0.1, 0.15) is 5.56 Å². The van der Waals surface area contributed by atoms with Crippen LogP contribution in [0.3, 0.4) is 0 Å². The van der Waals surface area contributed by atoms with Crippen molar-refractivity contribution in [2.75, 3.05) is 0 Å². The molecule has 0 aliphatic heterocycles. The monoisotopic (exact) mass is 285 g/mol. The Kier molecular flexibility index (Phi) is 2.80. The van der Waals surface area contributed by atoms with E-state index in [9.17, 15) is 0 Å². The molecule has 3 aromatic rings. The van der Waals surface area contributed by atoms with E-state index < -0.39 is 0 Å². The van der Waals surface area contributed by atoms with Crippen molar-refractivity contribution in [2.24, 2.45) is 0 Å². The van der Waals surface area contributed by atoms with Gasteiger partial charge in [-0.05, 0) is 0 Å². The first kappa shape index (κ1) is 10.7. The molecule has 0 amide bonds. The van der Waals surface area contributed by atoms with Gasteiger partial charge in [-0.2, -0.15) is 0 Å². The summed E-state index contributed by atoms with van der Waals surface area (Å²) in [6, 6.07) is 19.4. The zero-order valence-electron chi connectivity index (χ0n) is 9.68. The first-order valence-electron chi connectivity index (χ1n) is 5.72. The van der Waals surface area contributed by atoms with Crippen LogP contribution in [0.25, 0.3) is 20.8 Å². The fourth-order valence-electron chi connectivity index (χ4n) is 2.14. The van der Waals surface area contributed by atoms with E-state index in [0.29, 0.717) is 14.5 Å². The third-order valence-electron chi connectivity index (χ3n) is 3.08.